The van der Waals surface area contributed by atoms with Crippen LogP contribution in [0.1, 0.15) is 50.4 Å². The summed E-state index contributed by atoms with van der Waals surface area (Å²) < 4.78 is 0.832. The van der Waals surface area contributed by atoms with Crippen LogP contribution in [0, 0.1) is 11.6 Å². The third-order valence-corrected chi connectivity index (χ3v) is 3.96. The Balaban J connectivity index is 2.32. The number of aromatic amines is 1. The number of piperidine rings is 1. The molecule has 1 aliphatic rings. The van der Waals surface area contributed by atoms with Crippen molar-refractivity contribution in [1.29, 1.82) is 0 Å². The van der Waals surface area contributed by atoms with E-state index in [1.165, 1.54) is 37.1 Å². The Morgan fingerprint density at radius 2 is 2.12 bits per heavy atom. The zero-order chi connectivity index (χ0) is 12.4. The van der Waals surface area contributed by atoms with Crippen LogP contribution in [-0.4, -0.2) is 22.5 Å². The predicted octanol–water partition coefficient (Wildman–Crippen LogP) is 3.99. The highest BCUT2D eigenvalue weighted by atomic mass is 32.1. The molecule has 0 amide bonds. The van der Waals surface area contributed by atoms with Crippen LogP contribution < -0.4 is 0 Å². The zero-order valence-electron chi connectivity index (χ0n) is 11.0. The van der Waals surface area contributed by atoms with E-state index in [0.717, 1.165) is 4.64 Å². The molecule has 1 aromatic rings. The number of pyridine rings is 1. The monoisotopic (exact) mass is 250 g/mol. The maximum absolute atomic E-state index is 5.17. The first-order valence-corrected chi connectivity index (χ1v) is 6.96. The van der Waals surface area contributed by atoms with Crippen molar-refractivity contribution in [2.24, 2.45) is 0 Å². The predicted molar refractivity (Wildman–Crippen MR) is 74.8 cm³/mol. The van der Waals surface area contributed by atoms with Gasteiger partial charge in [-0.25, -0.2) is 0 Å². The largest absolute Gasteiger partial charge is 0.350 e. The number of hydrogen-bond donors (Lipinski definition) is 1. The van der Waals surface area contributed by atoms with E-state index in [9.17, 15) is 0 Å². The fraction of sp³-hybridized carbons (Fsp3) is 0.643. The molecule has 2 rings (SSSR count). The first kappa shape index (κ1) is 12.8. The Morgan fingerprint density at radius 3 is 2.76 bits per heavy atom. The lowest BCUT2D eigenvalue weighted by molar-refractivity contribution is 0.111. The molecular formula is C14H22N2S. The summed E-state index contributed by atoms with van der Waals surface area (Å²) in [5.41, 5.74) is 2.65. The minimum atomic E-state index is 0.565. The maximum atomic E-state index is 5.17. The van der Waals surface area contributed by atoms with Gasteiger partial charge in [-0.1, -0.05) is 24.7 Å². The molecule has 3 heteroatoms. The van der Waals surface area contributed by atoms with Crippen LogP contribution in [-0.2, 0) is 0 Å². The molecule has 94 valence electrons. The van der Waals surface area contributed by atoms with Crippen LogP contribution >= 0.6 is 12.2 Å². The van der Waals surface area contributed by atoms with E-state index >= 15 is 0 Å². The summed E-state index contributed by atoms with van der Waals surface area (Å²) in [6.07, 6.45) is 3.93. The van der Waals surface area contributed by atoms with Crippen molar-refractivity contribution in [1.82, 2.24) is 9.88 Å². The second kappa shape index (κ2) is 5.32. The van der Waals surface area contributed by atoms with Gasteiger partial charge < -0.3 is 4.98 Å². The van der Waals surface area contributed by atoms with Crippen molar-refractivity contribution in [3.63, 3.8) is 0 Å². The third-order valence-electron chi connectivity index (χ3n) is 3.72. The molecule has 1 unspecified atom stereocenters. The SMILES string of the molecule is Cc1[nH]c(=S)ccc1C1CCCCN1C(C)C. The van der Waals surface area contributed by atoms with Gasteiger partial charge in [0, 0.05) is 17.8 Å². The molecular weight excluding hydrogens is 228 g/mol. The minimum Gasteiger partial charge on any atom is -0.350 e. The number of likely N-dealkylation sites (tertiary alicyclic amines) is 1. The molecule has 2 heterocycles. The van der Waals surface area contributed by atoms with Crippen molar-refractivity contribution in [3.8, 4) is 0 Å². The molecule has 1 saturated heterocycles. The van der Waals surface area contributed by atoms with E-state index < -0.39 is 0 Å². The van der Waals surface area contributed by atoms with Gasteiger partial charge in [-0.05, 0) is 51.8 Å². The number of rotatable bonds is 2. The molecule has 1 fully saturated rings. The summed E-state index contributed by atoms with van der Waals surface area (Å²) in [7, 11) is 0. The van der Waals surface area contributed by atoms with Crippen LogP contribution in [0.15, 0.2) is 12.1 Å². The summed E-state index contributed by atoms with van der Waals surface area (Å²) in [4.78, 5) is 5.90. The lowest BCUT2D eigenvalue weighted by atomic mass is 9.93. The molecule has 17 heavy (non-hydrogen) atoms. The fourth-order valence-corrected chi connectivity index (χ4v) is 3.08. The number of hydrogen-bond acceptors (Lipinski definition) is 2. The number of nitrogens with zero attached hydrogens (tertiary/aromatic N) is 1. The summed E-state index contributed by atoms with van der Waals surface area (Å²) in [5.74, 6) is 0. The first-order valence-electron chi connectivity index (χ1n) is 6.55. The van der Waals surface area contributed by atoms with E-state index in [1.54, 1.807) is 0 Å². The van der Waals surface area contributed by atoms with Crippen LogP contribution in [0.5, 0.6) is 0 Å². The molecule has 0 radical (unpaired) electrons. The molecule has 0 saturated carbocycles. The number of nitrogens with one attached hydrogen (secondary N) is 1. The van der Waals surface area contributed by atoms with E-state index in [2.05, 4.69) is 36.7 Å². The number of H-pyrrole nitrogens is 1. The van der Waals surface area contributed by atoms with Gasteiger partial charge in [-0.3, -0.25) is 4.90 Å². The van der Waals surface area contributed by atoms with Gasteiger partial charge in [0.15, 0.2) is 0 Å². The van der Waals surface area contributed by atoms with Crippen molar-refractivity contribution in [2.45, 2.75) is 52.1 Å². The van der Waals surface area contributed by atoms with Gasteiger partial charge in [0.1, 0.15) is 4.64 Å². The Bertz CT molecular complexity index is 436. The van der Waals surface area contributed by atoms with Crippen LogP contribution in [0.3, 0.4) is 0 Å². The lowest BCUT2D eigenvalue weighted by Crippen LogP contribution is -2.38. The summed E-state index contributed by atoms with van der Waals surface area (Å²) in [6.45, 7) is 7.94. The van der Waals surface area contributed by atoms with Crippen molar-refractivity contribution >= 4 is 12.2 Å². The van der Waals surface area contributed by atoms with Crippen LogP contribution in [0.25, 0.3) is 0 Å². The average Bonchev–Trinajstić information content (AvgIpc) is 2.29. The zero-order valence-corrected chi connectivity index (χ0v) is 11.8. The molecule has 0 aliphatic carbocycles. The van der Waals surface area contributed by atoms with Crippen molar-refractivity contribution < 1.29 is 0 Å². The smallest absolute Gasteiger partial charge is 0.103 e. The molecule has 0 spiro atoms. The highest BCUT2D eigenvalue weighted by molar-refractivity contribution is 7.71. The van der Waals surface area contributed by atoms with Crippen LogP contribution in [0.2, 0.25) is 0 Å². The topological polar surface area (TPSA) is 19.0 Å². The Hall–Kier alpha value is -0.670. The standard InChI is InChI=1S/C14H22N2S/c1-10(2)16-9-5-4-6-13(16)12-7-8-14(17)15-11(12)3/h7-8,10,13H,4-6,9H2,1-3H3,(H,15,17). The van der Waals surface area contributed by atoms with Crippen molar-refractivity contribution in [3.05, 3.63) is 28.0 Å². The maximum Gasteiger partial charge on any atom is 0.103 e. The molecule has 0 bridgehead atoms. The number of aryl methyl sites for hydroxylation is 1. The number of aromatic nitrogens is 1. The van der Waals surface area contributed by atoms with Crippen molar-refractivity contribution in [2.75, 3.05) is 6.54 Å². The molecule has 0 aromatic carbocycles. The molecule has 1 aromatic heterocycles. The van der Waals surface area contributed by atoms with Gasteiger partial charge in [-0.2, -0.15) is 0 Å². The highest BCUT2D eigenvalue weighted by Gasteiger charge is 2.26. The van der Waals surface area contributed by atoms with Gasteiger partial charge >= 0.3 is 0 Å². The molecule has 1 atom stereocenters. The average molecular weight is 250 g/mol. The molecule has 1 aliphatic heterocycles. The molecule has 2 nitrogen and oxygen atoms in total. The normalized spacial score (nSPS) is 22.0. The third kappa shape index (κ3) is 2.78. The second-order valence-electron chi connectivity index (χ2n) is 5.25. The summed E-state index contributed by atoms with van der Waals surface area (Å²) >= 11 is 5.17. The summed E-state index contributed by atoms with van der Waals surface area (Å²) in [6, 6.07) is 5.41. The van der Waals surface area contributed by atoms with E-state index in [4.69, 9.17) is 12.2 Å². The Labute approximate surface area is 109 Å². The van der Waals surface area contributed by atoms with Gasteiger partial charge in [-0.15, -0.1) is 0 Å². The lowest BCUT2D eigenvalue weighted by Gasteiger charge is -2.39. The van der Waals surface area contributed by atoms with E-state index in [0.29, 0.717) is 12.1 Å². The Morgan fingerprint density at radius 1 is 1.35 bits per heavy atom. The van der Waals surface area contributed by atoms with Gasteiger partial charge in [0.25, 0.3) is 0 Å². The second-order valence-corrected chi connectivity index (χ2v) is 5.69. The van der Waals surface area contributed by atoms with E-state index in [1.807, 2.05) is 6.07 Å². The van der Waals surface area contributed by atoms with Crippen LogP contribution in [0.4, 0.5) is 0 Å². The first-order chi connectivity index (χ1) is 8.09. The summed E-state index contributed by atoms with van der Waals surface area (Å²) in [5, 5.41) is 0. The van der Waals surface area contributed by atoms with E-state index in [-0.39, 0.29) is 0 Å². The fourth-order valence-electron chi connectivity index (χ4n) is 2.86. The quantitative estimate of drug-likeness (QED) is 0.800. The highest BCUT2D eigenvalue weighted by Crippen LogP contribution is 2.33. The molecule has 1 N–H and O–H groups in total. The Kier molecular flexibility index (Phi) is 4.00. The van der Waals surface area contributed by atoms with Gasteiger partial charge in [0.05, 0.1) is 0 Å². The minimum absolute atomic E-state index is 0.565. The van der Waals surface area contributed by atoms with Gasteiger partial charge in [0.2, 0.25) is 0 Å².